The van der Waals surface area contributed by atoms with E-state index in [4.69, 9.17) is 0 Å². The van der Waals surface area contributed by atoms with Crippen LogP contribution in [0.1, 0.15) is 39.0 Å². The molecule has 2 rings (SSSR count). The van der Waals surface area contributed by atoms with E-state index in [1.807, 2.05) is 0 Å². The second-order valence-electron chi connectivity index (χ2n) is 5.57. The minimum absolute atomic E-state index is 0.962. The molecule has 3 heteroatoms. The SMILES string of the molecule is CCCCCNCCN1CCN(C2CC2)CC1. The van der Waals surface area contributed by atoms with Crippen molar-refractivity contribution in [3.05, 3.63) is 0 Å². The Morgan fingerprint density at radius 1 is 1.00 bits per heavy atom. The smallest absolute Gasteiger partial charge is 0.0113 e. The molecule has 3 nitrogen and oxygen atoms in total. The molecule has 0 aromatic rings. The van der Waals surface area contributed by atoms with Gasteiger partial charge in [-0.3, -0.25) is 9.80 Å². The van der Waals surface area contributed by atoms with Crippen LogP contribution in [0.2, 0.25) is 0 Å². The molecule has 0 aromatic carbocycles. The van der Waals surface area contributed by atoms with Crippen molar-refractivity contribution in [1.29, 1.82) is 0 Å². The van der Waals surface area contributed by atoms with Crippen molar-refractivity contribution >= 4 is 0 Å². The Bertz CT molecular complexity index is 196. The third-order valence-corrected chi connectivity index (χ3v) is 4.03. The molecule has 1 aliphatic carbocycles. The van der Waals surface area contributed by atoms with Gasteiger partial charge in [-0.1, -0.05) is 19.8 Å². The van der Waals surface area contributed by atoms with Crippen LogP contribution in [0.4, 0.5) is 0 Å². The van der Waals surface area contributed by atoms with Crippen molar-refractivity contribution in [2.45, 2.75) is 45.1 Å². The molecule has 0 spiro atoms. The molecular weight excluding hydrogens is 210 g/mol. The van der Waals surface area contributed by atoms with Gasteiger partial charge in [0.1, 0.15) is 0 Å². The fourth-order valence-electron chi connectivity index (χ4n) is 2.65. The summed E-state index contributed by atoms with van der Waals surface area (Å²) >= 11 is 0. The van der Waals surface area contributed by atoms with Crippen LogP contribution in [-0.2, 0) is 0 Å². The van der Waals surface area contributed by atoms with Gasteiger partial charge in [0.2, 0.25) is 0 Å². The van der Waals surface area contributed by atoms with Crippen molar-refractivity contribution in [1.82, 2.24) is 15.1 Å². The quantitative estimate of drug-likeness (QED) is 0.648. The molecule has 1 saturated carbocycles. The Balaban J connectivity index is 1.44. The summed E-state index contributed by atoms with van der Waals surface area (Å²) in [6.45, 7) is 11.1. The van der Waals surface area contributed by atoms with Crippen molar-refractivity contribution in [3.63, 3.8) is 0 Å². The highest BCUT2D eigenvalue weighted by molar-refractivity contribution is 4.87. The van der Waals surface area contributed by atoms with Gasteiger partial charge in [0.05, 0.1) is 0 Å². The molecule has 17 heavy (non-hydrogen) atoms. The van der Waals surface area contributed by atoms with Gasteiger partial charge >= 0.3 is 0 Å². The highest BCUT2D eigenvalue weighted by Gasteiger charge is 2.30. The van der Waals surface area contributed by atoms with Crippen molar-refractivity contribution in [2.24, 2.45) is 0 Å². The zero-order valence-corrected chi connectivity index (χ0v) is 11.5. The molecule has 2 aliphatic rings. The number of hydrogen-bond acceptors (Lipinski definition) is 3. The molecule has 2 fully saturated rings. The molecule has 0 amide bonds. The van der Waals surface area contributed by atoms with Crippen molar-refractivity contribution in [2.75, 3.05) is 45.8 Å². The summed E-state index contributed by atoms with van der Waals surface area (Å²) in [5, 5.41) is 3.56. The number of hydrogen-bond donors (Lipinski definition) is 1. The summed E-state index contributed by atoms with van der Waals surface area (Å²) in [5.74, 6) is 0. The van der Waals surface area contributed by atoms with Crippen molar-refractivity contribution < 1.29 is 0 Å². The third kappa shape index (κ3) is 4.94. The molecule has 0 bridgehead atoms. The molecule has 0 atom stereocenters. The highest BCUT2D eigenvalue weighted by atomic mass is 15.3. The van der Waals surface area contributed by atoms with E-state index in [9.17, 15) is 0 Å². The minimum Gasteiger partial charge on any atom is -0.315 e. The molecule has 0 radical (unpaired) electrons. The van der Waals surface area contributed by atoms with Crippen LogP contribution in [-0.4, -0.2) is 61.7 Å². The van der Waals surface area contributed by atoms with Gasteiger partial charge in [-0.15, -0.1) is 0 Å². The first-order valence-corrected chi connectivity index (χ1v) is 7.57. The first-order chi connectivity index (χ1) is 8.40. The van der Waals surface area contributed by atoms with Gasteiger partial charge in [-0.05, 0) is 25.8 Å². The maximum Gasteiger partial charge on any atom is 0.0113 e. The summed E-state index contributed by atoms with van der Waals surface area (Å²) < 4.78 is 0. The Hall–Kier alpha value is -0.120. The largest absolute Gasteiger partial charge is 0.315 e. The normalized spacial score (nSPS) is 23.1. The van der Waals surface area contributed by atoms with Gasteiger partial charge in [0.15, 0.2) is 0 Å². The second-order valence-corrected chi connectivity index (χ2v) is 5.57. The van der Waals surface area contributed by atoms with Crippen LogP contribution < -0.4 is 5.32 Å². The Morgan fingerprint density at radius 3 is 2.41 bits per heavy atom. The summed E-state index contributed by atoms with van der Waals surface area (Å²) in [6.07, 6.45) is 6.95. The van der Waals surface area contributed by atoms with E-state index in [1.165, 1.54) is 77.9 Å². The van der Waals surface area contributed by atoms with Gasteiger partial charge in [-0.25, -0.2) is 0 Å². The van der Waals surface area contributed by atoms with Crippen LogP contribution in [0, 0.1) is 0 Å². The molecule has 1 heterocycles. The van der Waals surface area contributed by atoms with Gasteiger partial charge in [-0.2, -0.15) is 0 Å². The standard InChI is InChI=1S/C14H29N3/c1-2-3-4-7-15-8-9-16-10-12-17(13-11-16)14-5-6-14/h14-15H,2-13H2,1H3. The van der Waals surface area contributed by atoms with Crippen LogP contribution >= 0.6 is 0 Å². The lowest BCUT2D eigenvalue weighted by molar-refractivity contribution is 0.127. The van der Waals surface area contributed by atoms with Crippen LogP contribution in [0.5, 0.6) is 0 Å². The molecule has 0 unspecified atom stereocenters. The average Bonchev–Trinajstić information content (AvgIpc) is 3.19. The first kappa shape index (κ1) is 13.3. The number of nitrogens with zero attached hydrogens (tertiary/aromatic N) is 2. The fourth-order valence-corrected chi connectivity index (χ4v) is 2.65. The number of nitrogens with one attached hydrogen (secondary N) is 1. The molecule has 100 valence electrons. The highest BCUT2D eigenvalue weighted by Crippen LogP contribution is 2.27. The number of rotatable bonds is 8. The predicted molar refractivity (Wildman–Crippen MR) is 73.4 cm³/mol. The molecule has 1 saturated heterocycles. The van der Waals surface area contributed by atoms with Gasteiger partial charge in [0, 0.05) is 45.3 Å². The van der Waals surface area contributed by atoms with Crippen LogP contribution in [0.15, 0.2) is 0 Å². The lowest BCUT2D eigenvalue weighted by Crippen LogP contribution is -2.48. The van der Waals surface area contributed by atoms with Crippen LogP contribution in [0.25, 0.3) is 0 Å². The van der Waals surface area contributed by atoms with Gasteiger partial charge < -0.3 is 5.32 Å². The van der Waals surface area contributed by atoms with E-state index in [1.54, 1.807) is 0 Å². The maximum atomic E-state index is 3.56. The molecule has 0 aromatic heterocycles. The van der Waals surface area contributed by atoms with E-state index < -0.39 is 0 Å². The summed E-state index contributed by atoms with van der Waals surface area (Å²) in [6, 6.07) is 0.962. The Labute approximate surface area is 107 Å². The zero-order chi connectivity index (χ0) is 11.9. The van der Waals surface area contributed by atoms with Gasteiger partial charge in [0.25, 0.3) is 0 Å². The first-order valence-electron chi connectivity index (χ1n) is 7.57. The van der Waals surface area contributed by atoms with E-state index in [0.29, 0.717) is 0 Å². The molecule has 1 aliphatic heterocycles. The topological polar surface area (TPSA) is 18.5 Å². The number of unbranched alkanes of at least 4 members (excludes halogenated alkanes) is 2. The Morgan fingerprint density at radius 2 is 1.76 bits per heavy atom. The average molecular weight is 239 g/mol. The minimum atomic E-state index is 0.962. The summed E-state index contributed by atoms with van der Waals surface area (Å²) in [5.41, 5.74) is 0. The fraction of sp³-hybridized carbons (Fsp3) is 1.00. The maximum absolute atomic E-state index is 3.56. The van der Waals surface area contributed by atoms with E-state index >= 15 is 0 Å². The summed E-state index contributed by atoms with van der Waals surface area (Å²) in [7, 11) is 0. The van der Waals surface area contributed by atoms with Crippen molar-refractivity contribution in [3.8, 4) is 0 Å². The lowest BCUT2D eigenvalue weighted by atomic mass is 10.2. The number of piperazine rings is 1. The van der Waals surface area contributed by atoms with Crippen LogP contribution in [0.3, 0.4) is 0 Å². The lowest BCUT2D eigenvalue weighted by Gasteiger charge is -2.34. The second kappa shape index (κ2) is 7.34. The monoisotopic (exact) mass is 239 g/mol. The molecular formula is C14H29N3. The summed E-state index contributed by atoms with van der Waals surface area (Å²) in [4.78, 5) is 5.30. The van der Waals surface area contributed by atoms with E-state index in [2.05, 4.69) is 22.0 Å². The third-order valence-electron chi connectivity index (χ3n) is 4.03. The predicted octanol–water partition coefficient (Wildman–Crippen LogP) is 1.55. The zero-order valence-electron chi connectivity index (χ0n) is 11.5. The Kier molecular flexibility index (Phi) is 5.75. The molecule has 1 N–H and O–H groups in total. The van der Waals surface area contributed by atoms with E-state index in [0.717, 1.165) is 6.04 Å². The van der Waals surface area contributed by atoms with E-state index in [-0.39, 0.29) is 0 Å².